The van der Waals surface area contributed by atoms with E-state index < -0.39 is 6.10 Å². The van der Waals surface area contributed by atoms with E-state index in [0.29, 0.717) is 11.3 Å². The molecule has 1 aliphatic rings. The zero-order chi connectivity index (χ0) is 11.9. The molecule has 0 saturated heterocycles. The van der Waals surface area contributed by atoms with Crippen molar-refractivity contribution in [3.8, 4) is 5.75 Å². The van der Waals surface area contributed by atoms with E-state index in [9.17, 15) is 9.50 Å². The number of aliphatic hydroxyl groups is 1. The van der Waals surface area contributed by atoms with Gasteiger partial charge in [0, 0.05) is 5.56 Å². The topological polar surface area (TPSA) is 29.5 Å². The molecule has 0 radical (unpaired) electrons. The third-order valence-corrected chi connectivity index (χ3v) is 3.48. The predicted molar refractivity (Wildman–Crippen MR) is 59.8 cm³/mol. The van der Waals surface area contributed by atoms with Crippen LogP contribution in [0.15, 0.2) is 18.2 Å². The van der Waals surface area contributed by atoms with Crippen molar-refractivity contribution in [1.29, 1.82) is 0 Å². The van der Waals surface area contributed by atoms with Gasteiger partial charge >= 0.3 is 0 Å². The zero-order valence-electron chi connectivity index (χ0n) is 9.83. The maximum atomic E-state index is 13.2. The van der Waals surface area contributed by atoms with Crippen molar-refractivity contribution in [2.75, 3.05) is 7.11 Å². The fourth-order valence-electron chi connectivity index (χ4n) is 2.20. The highest BCUT2D eigenvalue weighted by Gasteiger charge is 2.50. The van der Waals surface area contributed by atoms with Gasteiger partial charge in [0.15, 0.2) is 0 Å². The number of rotatable bonds is 3. The van der Waals surface area contributed by atoms with Crippen LogP contribution < -0.4 is 4.74 Å². The van der Waals surface area contributed by atoms with E-state index in [1.165, 1.54) is 19.2 Å². The summed E-state index contributed by atoms with van der Waals surface area (Å²) in [6.07, 6.45) is 0.328. The molecule has 0 bridgehead atoms. The highest BCUT2D eigenvalue weighted by Crippen LogP contribution is 2.58. The zero-order valence-corrected chi connectivity index (χ0v) is 9.83. The molecule has 0 spiro atoms. The number of hydrogen-bond acceptors (Lipinski definition) is 2. The molecule has 0 aliphatic heterocycles. The third kappa shape index (κ3) is 1.92. The number of methoxy groups -OCH3 is 1. The first kappa shape index (κ1) is 11.4. The summed E-state index contributed by atoms with van der Waals surface area (Å²) in [6, 6.07) is 4.26. The normalized spacial score (nSPS) is 23.9. The molecule has 3 heteroatoms. The Hall–Kier alpha value is -1.09. The van der Waals surface area contributed by atoms with Crippen molar-refractivity contribution >= 4 is 0 Å². The van der Waals surface area contributed by atoms with Crippen LogP contribution in [-0.4, -0.2) is 12.2 Å². The Kier molecular flexibility index (Phi) is 2.66. The van der Waals surface area contributed by atoms with Crippen molar-refractivity contribution < 1.29 is 14.2 Å². The van der Waals surface area contributed by atoms with E-state index in [1.807, 2.05) is 0 Å². The number of halogens is 1. The van der Waals surface area contributed by atoms with Crippen molar-refractivity contribution in [3.63, 3.8) is 0 Å². The van der Waals surface area contributed by atoms with E-state index in [2.05, 4.69) is 13.8 Å². The lowest BCUT2D eigenvalue weighted by Crippen LogP contribution is -2.07. The Labute approximate surface area is 95.1 Å². The molecule has 2 rings (SSSR count). The highest BCUT2D eigenvalue weighted by atomic mass is 19.1. The fourth-order valence-corrected chi connectivity index (χ4v) is 2.20. The van der Waals surface area contributed by atoms with Crippen LogP contribution in [0.25, 0.3) is 0 Å². The molecule has 2 nitrogen and oxygen atoms in total. The van der Waals surface area contributed by atoms with Gasteiger partial charge in [-0.2, -0.15) is 0 Å². The van der Waals surface area contributed by atoms with Gasteiger partial charge in [0.1, 0.15) is 11.6 Å². The summed E-state index contributed by atoms with van der Waals surface area (Å²) in [5.74, 6) is 0.410. The monoisotopic (exact) mass is 224 g/mol. The van der Waals surface area contributed by atoms with Gasteiger partial charge in [0.05, 0.1) is 13.2 Å². The second-order valence-electron chi connectivity index (χ2n) is 5.13. The van der Waals surface area contributed by atoms with Crippen LogP contribution in [0.5, 0.6) is 5.75 Å². The van der Waals surface area contributed by atoms with Crippen molar-refractivity contribution in [3.05, 3.63) is 29.6 Å². The molecule has 1 aromatic carbocycles. The molecular formula is C13H17FO2. The minimum absolute atomic E-state index is 0.150. The molecular weight excluding hydrogens is 207 g/mol. The number of aliphatic hydroxyl groups excluding tert-OH is 1. The summed E-state index contributed by atoms with van der Waals surface area (Å²) in [5, 5.41) is 10.2. The Balaban J connectivity index is 2.29. The van der Waals surface area contributed by atoms with Gasteiger partial charge in [-0.1, -0.05) is 13.8 Å². The lowest BCUT2D eigenvalue weighted by molar-refractivity contribution is 0.134. The smallest absolute Gasteiger partial charge is 0.124 e. The van der Waals surface area contributed by atoms with Crippen LogP contribution in [0, 0.1) is 17.2 Å². The Bertz CT molecular complexity index is 401. The van der Waals surface area contributed by atoms with Crippen LogP contribution in [0.3, 0.4) is 0 Å². The van der Waals surface area contributed by atoms with Gasteiger partial charge in [0.2, 0.25) is 0 Å². The lowest BCUT2D eigenvalue weighted by Gasteiger charge is -2.16. The standard InChI is InChI=1S/C13H17FO2/c1-13(2)7-10(13)12(15)9-6-8(14)4-5-11(9)16-3/h4-6,10,12,15H,7H2,1-3H3. The van der Waals surface area contributed by atoms with E-state index in [4.69, 9.17) is 4.74 Å². The summed E-state index contributed by atoms with van der Waals surface area (Å²) in [7, 11) is 1.53. The van der Waals surface area contributed by atoms with Gasteiger partial charge in [0.25, 0.3) is 0 Å². The fraction of sp³-hybridized carbons (Fsp3) is 0.538. The Morgan fingerprint density at radius 3 is 2.62 bits per heavy atom. The molecule has 0 aromatic heterocycles. The molecule has 1 fully saturated rings. The average molecular weight is 224 g/mol. The first-order valence-electron chi connectivity index (χ1n) is 5.47. The lowest BCUT2D eigenvalue weighted by atomic mass is 9.99. The van der Waals surface area contributed by atoms with Crippen LogP contribution in [0.1, 0.15) is 31.9 Å². The maximum Gasteiger partial charge on any atom is 0.124 e. The molecule has 1 aromatic rings. The van der Waals surface area contributed by atoms with Gasteiger partial charge in [-0.15, -0.1) is 0 Å². The minimum Gasteiger partial charge on any atom is -0.496 e. The first-order chi connectivity index (χ1) is 7.45. The maximum absolute atomic E-state index is 13.2. The molecule has 0 heterocycles. The molecule has 1 aliphatic carbocycles. The number of ether oxygens (including phenoxy) is 1. The van der Waals surface area contributed by atoms with Crippen LogP contribution in [0.4, 0.5) is 4.39 Å². The van der Waals surface area contributed by atoms with E-state index in [0.717, 1.165) is 6.42 Å². The Morgan fingerprint density at radius 1 is 1.50 bits per heavy atom. The van der Waals surface area contributed by atoms with Crippen molar-refractivity contribution in [2.24, 2.45) is 11.3 Å². The molecule has 1 N–H and O–H groups in total. The van der Waals surface area contributed by atoms with Gasteiger partial charge in [-0.3, -0.25) is 0 Å². The molecule has 1 saturated carbocycles. The summed E-state index contributed by atoms with van der Waals surface area (Å²) >= 11 is 0. The third-order valence-electron chi connectivity index (χ3n) is 3.48. The number of benzene rings is 1. The molecule has 88 valence electrons. The molecule has 2 unspecified atom stereocenters. The van der Waals surface area contributed by atoms with E-state index in [1.54, 1.807) is 6.07 Å². The first-order valence-corrected chi connectivity index (χ1v) is 5.47. The summed E-state index contributed by atoms with van der Waals surface area (Å²) in [4.78, 5) is 0. The van der Waals surface area contributed by atoms with Crippen LogP contribution in [-0.2, 0) is 0 Å². The summed E-state index contributed by atoms with van der Waals surface area (Å²) in [6.45, 7) is 4.21. The second kappa shape index (κ2) is 3.74. The second-order valence-corrected chi connectivity index (χ2v) is 5.13. The largest absolute Gasteiger partial charge is 0.496 e. The van der Waals surface area contributed by atoms with Crippen molar-refractivity contribution in [2.45, 2.75) is 26.4 Å². The molecule has 2 atom stereocenters. The van der Waals surface area contributed by atoms with Gasteiger partial charge in [-0.25, -0.2) is 4.39 Å². The minimum atomic E-state index is -0.638. The quantitative estimate of drug-likeness (QED) is 0.855. The van der Waals surface area contributed by atoms with E-state index >= 15 is 0 Å². The number of hydrogen-bond donors (Lipinski definition) is 1. The summed E-state index contributed by atoms with van der Waals surface area (Å²) in [5.41, 5.74) is 0.703. The molecule has 0 amide bonds. The summed E-state index contributed by atoms with van der Waals surface area (Å²) < 4.78 is 18.3. The molecule has 16 heavy (non-hydrogen) atoms. The van der Waals surface area contributed by atoms with Crippen molar-refractivity contribution in [1.82, 2.24) is 0 Å². The van der Waals surface area contributed by atoms with Crippen LogP contribution in [0.2, 0.25) is 0 Å². The van der Waals surface area contributed by atoms with E-state index in [-0.39, 0.29) is 17.2 Å². The average Bonchev–Trinajstić information content (AvgIpc) is 2.86. The van der Waals surface area contributed by atoms with Crippen LogP contribution >= 0.6 is 0 Å². The highest BCUT2D eigenvalue weighted by molar-refractivity contribution is 5.37. The SMILES string of the molecule is COc1ccc(F)cc1C(O)C1CC1(C)C. The van der Waals surface area contributed by atoms with Gasteiger partial charge < -0.3 is 9.84 Å². The predicted octanol–water partition coefficient (Wildman–Crippen LogP) is 2.91. The Morgan fingerprint density at radius 2 is 2.12 bits per heavy atom. The van der Waals surface area contributed by atoms with Gasteiger partial charge in [-0.05, 0) is 36.0 Å².